The van der Waals surface area contributed by atoms with Crippen molar-refractivity contribution in [3.8, 4) is 0 Å². The number of benzene rings is 2. The maximum Gasteiger partial charge on any atom is 0.154 e. The molecule has 0 amide bonds. The van der Waals surface area contributed by atoms with Gasteiger partial charge in [-0.05, 0) is 11.6 Å². The summed E-state index contributed by atoms with van der Waals surface area (Å²) >= 11 is 0. The van der Waals surface area contributed by atoms with Gasteiger partial charge in [0.25, 0.3) is 0 Å². The Morgan fingerprint density at radius 2 is 1.75 bits per heavy atom. The summed E-state index contributed by atoms with van der Waals surface area (Å²) in [5.41, 5.74) is 2.93. The summed E-state index contributed by atoms with van der Waals surface area (Å²) in [4.78, 5) is 16.8. The molecule has 1 aromatic heterocycles. The lowest BCUT2D eigenvalue weighted by Gasteiger charge is -2.18. The fourth-order valence-electron chi connectivity index (χ4n) is 2.51. The average molecular weight is 264 g/mol. The Labute approximate surface area is 117 Å². The SMILES string of the molecule is CN(Cc1ccccc1)c1[nH]c2ccccc2c1C=O. The maximum atomic E-state index is 11.4. The van der Waals surface area contributed by atoms with Gasteiger partial charge in [0, 0.05) is 24.5 Å². The third kappa shape index (κ3) is 2.18. The summed E-state index contributed by atoms with van der Waals surface area (Å²) in [5.74, 6) is 0.866. The lowest BCUT2D eigenvalue weighted by Crippen LogP contribution is -2.17. The molecule has 3 heteroatoms. The summed E-state index contributed by atoms with van der Waals surface area (Å²) in [6, 6.07) is 18.1. The number of para-hydroxylation sites is 1. The highest BCUT2D eigenvalue weighted by Crippen LogP contribution is 2.27. The van der Waals surface area contributed by atoms with Gasteiger partial charge in [0.05, 0.1) is 5.56 Å². The molecule has 3 rings (SSSR count). The average Bonchev–Trinajstić information content (AvgIpc) is 2.87. The van der Waals surface area contributed by atoms with Crippen molar-refractivity contribution < 1.29 is 4.79 Å². The molecule has 0 fully saturated rings. The fraction of sp³-hybridized carbons (Fsp3) is 0.118. The van der Waals surface area contributed by atoms with Gasteiger partial charge in [0.15, 0.2) is 6.29 Å². The first-order valence-corrected chi connectivity index (χ1v) is 6.60. The van der Waals surface area contributed by atoms with Crippen LogP contribution in [0.25, 0.3) is 10.9 Å². The highest BCUT2D eigenvalue weighted by atomic mass is 16.1. The summed E-state index contributed by atoms with van der Waals surface area (Å²) < 4.78 is 0. The van der Waals surface area contributed by atoms with E-state index in [1.807, 2.05) is 49.5 Å². The molecule has 2 aromatic carbocycles. The van der Waals surface area contributed by atoms with E-state index in [0.717, 1.165) is 35.1 Å². The van der Waals surface area contributed by atoms with E-state index in [1.165, 1.54) is 5.56 Å². The van der Waals surface area contributed by atoms with Gasteiger partial charge in [-0.2, -0.15) is 0 Å². The van der Waals surface area contributed by atoms with E-state index in [4.69, 9.17) is 0 Å². The second-order valence-corrected chi connectivity index (χ2v) is 4.89. The normalized spacial score (nSPS) is 10.7. The van der Waals surface area contributed by atoms with Gasteiger partial charge in [-0.25, -0.2) is 0 Å². The molecule has 20 heavy (non-hydrogen) atoms. The topological polar surface area (TPSA) is 36.1 Å². The Morgan fingerprint density at radius 3 is 2.50 bits per heavy atom. The molecule has 100 valence electrons. The highest BCUT2D eigenvalue weighted by molar-refractivity contribution is 6.03. The largest absolute Gasteiger partial charge is 0.356 e. The molecule has 0 bridgehead atoms. The zero-order chi connectivity index (χ0) is 13.9. The van der Waals surface area contributed by atoms with Crippen molar-refractivity contribution in [1.82, 2.24) is 4.98 Å². The minimum absolute atomic E-state index is 0.721. The van der Waals surface area contributed by atoms with E-state index in [9.17, 15) is 4.79 Å². The number of aromatic amines is 1. The third-order valence-corrected chi connectivity index (χ3v) is 3.49. The van der Waals surface area contributed by atoms with Crippen molar-refractivity contribution in [1.29, 1.82) is 0 Å². The zero-order valence-electron chi connectivity index (χ0n) is 11.3. The molecule has 3 aromatic rings. The van der Waals surface area contributed by atoms with Gasteiger partial charge in [0.1, 0.15) is 5.82 Å². The molecule has 0 aliphatic heterocycles. The molecule has 1 N–H and O–H groups in total. The smallest absolute Gasteiger partial charge is 0.154 e. The standard InChI is InChI=1S/C17H16N2O/c1-19(11-13-7-3-2-4-8-13)17-15(12-20)14-9-5-6-10-16(14)18-17/h2-10,12,18H,11H2,1H3. The molecule has 0 aliphatic carbocycles. The number of hydrogen-bond acceptors (Lipinski definition) is 2. The first kappa shape index (κ1) is 12.5. The predicted octanol–water partition coefficient (Wildman–Crippen LogP) is 3.62. The minimum Gasteiger partial charge on any atom is -0.356 e. The van der Waals surface area contributed by atoms with E-state index in [-0.39, 0.29) is 0 Å². The van der Waals surface area contributed by atoms with E-state index < -0.39 is 0 Å². The molecule has 1 heterocycles. The Balaban J connectivity index is 1.99. The molecule has 0 aliphatic rings. The van der Waals surface area contributed by atoms with Gasteiger partial charge in [0.2, 0.25) is 0 Å². The first-order chi connectivity index (χ1) is 9.79. The summed E-state index contributed by atoms with van der Waals surface area (Å²) in [6.07, 6.45) is 0.926. The maximum absolute atomic E-state index is 11.4. The second-order valence-electron chi connectivity index (χ2n) is 4.89. The van der Waals surface area contributed by atoms with Gasteiger partial charge < -0.3 is 9.88 Å². The van der Waals surface area contributed by atoms with E-state index in [0.29, 0.717) is 0 Å². The van der Waals surface area contributed by atoms with Crippen LogP contribution in [0.5, 0.6) is 0 Å². The number of H-pyrrole nitrogens is 1. The predicted molar refractivity (Wildman–Crippen MR) is 82.2 cm³/mol. The zero-order valence-corrected chi connectivity index (χ0v) is 11.3. The van der Waals surface area contributed by atoms with Crippen LogP contribution in [0.2, 0.25) is 0 Å². The minimum atomic E-state index is 0.721. The molecule has 3 nitrogen and oxygen atoms in total. The molecular weight excluding hydrogens is 248 g/mol. The Kier molecular flexibility index (Phi) is 3.25. The van der Waals surface area contributed by atoms with Crippen molar-refractivity contribution in [2.24, 2.45) is 0 Å². The third-order valence-electron chi connectivity index (χ3n) is 3.49. The number of nitrogens with zero attached hydrogens (tertiary/aromatic N) is 1. The van der Waals surface area contributed by atoms with Crippen LogP contribution in [-0.4, -0.2) is 18.3 Å². The Morgan fingerprint density at radius 1 is 1.05 bits per heavy atom. The van der Waals surface area contributed by atoms with Crippen LogP contribution in [0, 0.1) is 0 Å². The molecule has 0 unspecified atom stereocenters. The lowest BCUT2D eigenvalue weighted by molar-refractivity contribution is 0.112. The van der Waals surface area contributed by atoms with E-state index >= 15 is 0 Å². The van der Waals surface area contributed by atoms with E-state index in [1.54, 1.807) is 0 Å². The molecule has 0 atom stereocenters. The second kappa shape index (κ2) is 5.21. The van der Waals surface area contributed by atoms with Crippen LogP contribution in [0.1, 0.15) is 15.9 Å². The Bertz CT molecular complexity index is 731. The number of rotatable bonds is 4. The van der Waals surface area contributed by atoms with Gasteiger partial charge in [-0.15, -0.1) is 0 Å². The number of carbonyl (C=O) groups excluding carboxylic acids is 1. The number of aromatic nitrogens is 1. The highest BCUT2D eigenvalue weighted by Gasteiger charge is 2.14. The summed E-state index contributed by atoms with van der Waals surface area (Å²) in [6.45, 7) is 0.758. The van der Waals surface area contributed by atoms with Crippen LogP contribution in [0.3, 0.4) is 0 Å². The van der Waals surface area contributed by atoms with Crippen molar-refractivity contribution >= 4 is 23.0 Å². The molecule has 0 saturated heterocycles. The van der Waals surface area contributed by atoms with Crippen LogP contribution < -0.4 is 4.90 Å². The molecule has 0 radical (unpaired) electrons. The first-order valence-electron chi connectivity index (χ1n) is 6.60. The number of aldehydes is 1. The summed E-state index contributed by atoms with van der Waals surface area (Å²) in [5, 5.41) is 0.970. The molecule has 0 saturated carbocycles. The number of carbonyl (C=O) groups is 1. The van der Waals surface area contributed by atoms with Crippen molar-refractivity contribution in [2.45, 2.75) is 6.54 Å². The Hall–Kier alpha value is -2.55. The van der Waals surface area contributed by atoms with Gasteiger partial charge in [-0.1, -0.05) is 48.5 Å². The van der Waals surface area contributed by atoms with Crippen LogP contribution in [0.15, 0.2) is 54.6 Å². The summed E-state index contributed by atoms with van der Waals surface area (Å²) in [7, 11) is 1.99. The monoisotopic (exact) mass is 264 g/mol. The van der Waals surface area contributed by atoms with Gasteiger partial charge >= 0.3 is 0 Å². The number of fused-ring (bicyclic) bond motifs is 1. The fourth-order valence-corrected chi connectivity index (χ4v) is 2.51. The quantitative estimate of drug-likeness (QED) is 0.731. The van der Waals surface area contributed by atoms with Crippen molar-refractivity contribution in [2.75, 3.05) is 11.9 Å². The molecular formula is C17H16N2O. The number of anilines is 1. The van der Waals surface area contributed by atoms with Crippen LogP contribution in [0.4, 0.5) is 5.82 Å². The van der Waals surface area contributed by atoms with E-state index in [2.05, 4.69) is 22.0 Å². The number of nitrogens with one attached hydrogen (secondary N) is 1. The number of hydrogen-bond donors (Lipinski definition) is 1. The lowest BCUT2D eigenvalue weighted by atomic mass is 10.1. The van der Waals surface area contributed by atoms with Crippen molar-refractivity contribution in [3.05, 3.63) is 65.7 Å². The van der Waals surface area contributed by atoms with Crippen LogP contribution >= 0.6 is 0 Å². The van der Waals surface area contributed by atoms with Crippen LogP contribution in [-0.2, 0) is 6.54 Å². The van der Waals surface area contributed by atoms with Crippen molar-refractivity contribution in [3.63, 3.8) is 0 Å². The van der Waals surface area contributed by atoms with Gasteiger partial charge in [-0.3, -0.25) is 4.79 Å². The molecule has 0 spiro atoms.